The lowest BCUT2D eigenvalue weighted by Gasteiger charge is -2.08. The molecule has 1 aromatic rings. The lowest BCUT2D eigenvalue weighted by molar-refractivity contribution is 1.03. The van der Waals surface area contributed by atoms with Crippen molar-refractivity contribution in [1.29, 1.82) is 0 Å². The Labute approximate surface area is 85.6 Å². The topological polar surface area (TPSA) is 52.0 Å². The first-order chi connectivity index (χ1) is 6.65. The van der Waals surface area contributed by atoms with Gasteiger partial charge in [0.25, 0.3) is 0 Å². The number of hydrogen-bond donors (Lipinski definition) is 2. The second-order valence-corrected chi connectivity index (χ2v) is 3.67. The molecular formula is C12H18N2. The van der Waals surface area contributed by atoms with Gasteiger partial charge in [0, 0.05) is 12.2 Å². The van der Waals surface area contributed by atoms with Crippen LogP contribution in [0.1, 0.15) is 25.0 Å². The summed E-state index contributed by atoms with van der Waals surface area (Å²) in [5.41, 5.74) is 15.9. The van der Waals surface area contributed by atoms with Gasteiger partial charge in [-0.1, -0.05) is 23.8 Å². The summed E-state index contributed by atoms with van der Waals surface area (Å²) in [6.45, 7) is 4.70. The van der Waals surface area contributed by atoms with Crippen LogP contribution < -0.4 is 11.5 Å². The zero-order valence-electron chi connectivity index (χ0n) is 8.88. The van der Waals surface area contributed by atoms with Gasteiger partial charge in [0.05, 0.1) is 0 Å². The molecule has 0 saturated carbocycles. The number of hydrogen-bond acceptors (Lipinski definition) is 2. The van der Waals surface area contributed by atoms with E-state index in [-0.39, 0.29) is 0 Å². The molecule has 1 rings (SSSR count). The summed E-state index contributed by atoms with van der Waals surface area (Å²) in [7, 11) is 0. The minimum atomic E-state index is 0.513. The van der Waals surface area contributed by atoms with Crippen LogP contribution in [0.4, 0.5) is 5.69 Å². The molecule has 0 saturated heterocycles. The average molecular weight is 190 g/mol. The van der Waals surface area contributed by atoms with Gasteiger partial charge in [-0.15, -0.1) is 0 Å². The molecule has 2 nitrogen and oxygen atoms in total. The average Bonchev–Trinajstić information content (AvgIpc) is 2.14. The second kappa shape index (κ2) is 4.82. The number of allylic oxidation sites excluding steroid dienone is 2. The van der Waals surface area contributed by atoms with Crippen LogP contribution in [0.25, 0.3) is 0 Å². The van der Waals surface area contributed by atoms with Gasteiger partial charge in [0.15, 0.2) is 0 Å². The van der Waals surface area contributed by atoms with E-state index in [2.05, 4.69) is 26.0 Å². The lowest BCUT2D eigenvalue weighted by Crippen LogP contribution is -2.05. The van der Waals surface area contributed by atoms with Crippen LogP contribution in [0.15, 0.2) is 29.8 Å². The molecule has 0 unspecified atom stereocenters. The van der Waals surface area contributed by atoms with Gasteiger partial charge in [-0.05, 0) is 37.5 Å². The van der Waals surface area contributed by atoms with Gasteiger partial charge >= 0.3 is 0 Å². The van der Waals surface area contributed by atoms with Crippen LogP contribution in [-0.4, -0.2) is 0 Å². The molecule has 0 fully saturated rings. The summed E-state index contributed by atoms with van der Waals surface area (Å²) >= 11 is 0. The highest BCUT2D eigenvalue weighted by molar-refractivity contribution is 5.51. The third-order valence-corrected chi connectivity index (χ3v) is 2.24. The Bertz CT molecular complexity index is 336. The molecule has 0 aliphatic carbocycles. The highest BCUT2D eigenvalue weighted by Gasteiger charge is 2.02. The van der Waals surface area contributed by atoms with E-state index in [1.54, 1.807) is 0 Å². The molecule has 0 radical (unpaired) electrons. The van der Waals surface area contributed by atoms with Crippen molar-refractivity contribution in [3.05, 3.63) is 41.0 Å². The first-order valence-electron chi connectivity index (χ1n) is 4.84. The van der Waals surface area contributed by atoms with Crippen molar-refractivity contribution in [2.75, 3.05) is 5.73 Å². The molecule has 0 spiro atoms. The number of anilines is 1. The lowest BCUT2D eigenvalue weighted by atomic mass is 10.0. The Morgan fingerprint density at radius 3 is 2.64 bits per heavy atom. The molecule has 0 amide bonds. The molecule has 0 atom stereocenters. The summed E-state index contributed by atoms with van der Waals surface area (Å²) in [6, 6.07) is 5.95. The van der Waals surface area contributed by atoms with E-state index >= 15 is 0 Å². The van der Waals surface area contributed by atoms with Crippen LogP contribution in [0, 0.1) is 0 Å². The zero-order valence-corrected chi connectivity index (χ0v) is 8.88. The molecule has 0 bridgehead atoms. The van der Waals surface area contributed by atoms with E-state index in [0.29, 0.717) is 6.54 Å². The molecule has 1 aromatic carbocycles. The van der Waals surface area contributed by atoms with Crippen molar-refractivity contribution < 1.29 is 0 Å². The summed E-state index contributed by atoms with van der Waals surface area (Å²) in [6.07, 6.45) is 3.10. The van der Waals surface area contributed by atoms with E-state index in [1.807, 2.05) is 12.1 Å². The summed E-state index contributed by atoms with van der Waals surface area (Å²) in [5, 5.41) is 0. The van der Waals surface area contributed by atoms with E-state index in [4.69, 9.17) is 11.5 Å². The fraction of sp³-hybridized carbons (Fsp3) is 0.333. The molecule has 0 aromatic heterocycles. The van der Waals surface area contributed by atoms with Crippen molar-refractivity contribution in [3.63, 3.8) is 0 Å². The van der Waals surface area contributed by atoms with Crippen LogP contribution in [0.3, 0.4) is 0 Å². The predicted octanol–water partition coefficient (Wildman–Crippen LogP) is 2.24. The maximum Gasteiger partial charge on any atom is 0.0362 e. The Kier molecular flexibility index (Phi) is 3.72. The first-order valence-corrected chi connectivity index (χ1v) is 4.84. The Balaban J connectivity index is 2.96. The quantitative estimate of drug-likeness (QED) is 0.567. The smallest absolute Gasteiger partial charge is 0.0362 e. The Morgan fingerprint density at radius 1 is 1.36 bits per heavy atom. The normalized spacial score (nSPS) is 9.93. The maximum absolute atomic E-state index is 5.84. The maximum atomic E-state index is 5.84. The predicted molar refractivity (Wildman–Crippen MR) is 61.9 cm³/mol. The summed E-state index contributed by atoms with van der Waals surface area (Å²) < 4.78 is 0. The van der Waals surface area contributed by atoms with Gasteiger partial charge in [-0.3, -0.25) is 0 Å². The van der Waals surface area contributed by atoms with Gasteiger partial charge in [0.1, 0.15) is 0 Å². The SMILES string of the molecule is CC(C)=CCc1cccc(N)c1CN. The second-order valence-electron chi connectivity index (χ2n) is 3.67. The standard InChI is InChI=1S/C12H18N2/c1-9(2)6-7-10-4-3-5-12(14)11(10)8-13/h3-6H,7-8,13-14H2,1-2H3. The van der Waals surface area contributed by atoms with Crippen molar-refractivity contribution in [2.45, 2.75) is 26.8 Å². The van der Waals surface area contributed by atoms with Crippen molar-refractivity contribution in [3.8, 4) is 0 Å². The summed E-state index contributed by atoms with van der Waals surface area (Å²) in [4.78, 5) is 0. The monoisotopic (exact) mass is 190 g/mol. The largest absolute Gasteiger partial charge is 0.398 e. The van der Waals surface area contributed by atoms with Gasteiger partial charge in [0.2, 0.25) is 0 Å². The minimum absolute atomic E-state index is 0.513. The summed E-state index contributed by atoms with van der Waals surface area (Å²) in [5.74, 6) is 0. The van der Waals surface area contributed by atoms with Gasteiger partial charge in [-0.2, -0.15) is 0 Å². The third kappa shape index (κ3) is 2.60. The van der Waals surface area contributed by atoms with Crippen molar-refractivity contribution in [1.82, 2.24) is 0 Å². The Morgan fingerprint density at radius 2 is 2.07 bits per heavy atom. The van der Waals surface area contributed by atoms with Gasteiger partial charge < -0.3 is 11.5 Å². The fourth-order valence-corrected chi connectivity index (χ4v) is 1.41. The molecule has 0 heterocycles. The number of nitrogens with two attached hydrogens (primary N) is 2. The number of benzene rings is 1. The van der Waals surface area contributed by atoms with Crippen molar-refractivity contribution in [2.24, 2.45) is 5.73 Å². The molecule has 76 valence electrons. The molecule has 0 aliphatic rings. The third-order valence-electron chi connectivity index (χ3n) is 2.24. The molecular weight excluding hydrogens is 172 g/mol. The van der Waals surface area contributed by atoms with E-state index in [1.165, 1.54) is 11.1 Å². The highest BCUT2D eigenvalue weighted by Crippen LogP contribution is 2.17. The van der Waals surface area contributed by atoms with Crippen LogP contribution in [0.5, 0.6) is 0 Å². The van der Waals surface area contributed by atoms with Crippen LogP contribution in [0.2, 0.25) is 0 Å². The molecule has 4 N–H and O–H groups in total. The fourth-order valence-electron chi connectivity index (χ4n) is 1.41. The van der Waals surface area contributed by atoms with Gasteiger partial charge in [-0.25, -0.2) is 0 Å². The van der Waals surface area contributed by atoms with Crippen LogP contribution in [-0.2, 0) is 13.0 Å². The highest BCUT2D eigenvalue weighted by atomic mass is 14.6. The Hall–Kier alpha value is -1.28. The van der Waals surface area contributed by atoms with Crippen LogP contribution >= 0.6 is 0 Å². The van der Waals surface area contributed by atoms with E-state index < -0.39 is 0 Å². The molecule has 0 aliphatic heterocycles. The van der Waals surface area contributed by atoms with E-state index in [0.717, 1.165) is 17.7 Å². The minimum Gasteiger partial charge on any atom is -0.398 e. The zero-order chi connectivity index (χ0) is 10.6. The number of rotatable bonds is 3. The molecule has 14 heavy (non-hydrogen) atoms. The first kappa shape index (κ1) is 10.8. The van der Waals surface area contributed by atoms with Crippen molar-refractivity contribution >= 4 is 5.69 Å². The number of nitrogen functional groups attached to an aromatic ring is 1. The van der Waals surface area contributed by atoms with E-state index in [9.17, 15) is 0 Å². The molecule has 2 heteroatoms.